The quantitative estimate of drug-likeness (QED) is 0.539. The van der Waals surface area contributed by atoms with Crippen molar-refractivity contribution in [1.29, 1.82) is 0 Å². The zero-order chi connectivity index (χ0) is 21.8. The molecule has 1 atom stereocenters. The molecule has 0 radical (unpaired) electrons. The first kappa shape index (κ1) is 23.3. The fourth-order valence-electron chi connectivity index (χ4n) is 2.98. The van der Waals surface area contributed by atoms with E-state index in [1.807, 2.05) is 61.5 Å². The number of methoxy groups -OCH3 is 1. The van der Waals surface area contributed by atoms with E-state index in [0.717, 1.165) is 23.5 Å². The fourth-order valence-corrected chi connectivity index (χ4v) is 2.98. The summed E-state index contributed by atoms with van der Waals surface area (Å²) in [6.07, 6.45) is 1.74. The molecule has 0 unspecified atom stereocenters. The number of para-hydroxylation sites is 1. The lowest BCUT2D eigenvalue weighted by atomic mass is 10.1. The van der Waals surface area contributed by atoms with Crippen molar-refractivity contribution in [2.24, 2.45) is 0 Å². The Bertz CT molecular complexity index is 778. The van der Waals surface area contributed by atoms with Crippen LogP contribution in [0.4, 0.5) is 0 Å². The van der Waals surface area contributed by atoms with E-state index in [4.69, 9.17) is 9.47 Å². The number of ether oxygens (including phenoxy) is 2. The number of nitrogens with one attached hydrogen (secondary N) is 1. The Labute approximate surface area is 179 Å². The lowest BCUT2D eigenvalue weighted by molar-refractivity contribution is -0.140. The number of carbonyl (C=O) groups excluding carboxylic acids is 2. The molecule has 0 aliphatic carbocycles. The topological polar surface area (TPSA) is 67.9 Å². The second kappa shape index (κ2) is 12.5. The van der Waals surface area contributed by atoms with Gasteiger partial charge in [0.2, 0.25) is 11.8 Å². The van der Waals surface area contributed by atoms with Gasteiger partial charge in [-0.2, -0.15) is 0 Å². The number of hydrogen-bond acceptors (Lipinski definition) is 4. The summed E-state index contributed by atoms with van der Waals surface area (Å²) in [7, 11) is 1.61. The Morgan fingerprint density at radius 2 is 1.73 bits per heavy atom. The zero-order valence-corrected chi connectivity index (χ0v) is 18.1. The number of benzene rings is 2. The van der Waals surface area contributed by atoms with Gasteiger partial charge in [-0.3, -0.25) is 9.59 Å². The highest BCUT2D eigenvalue weighted by Crippen LogP contribution is 2.16. The summed E-state index contributed by atoms with van der Waals surface area (Å²) >= 11 is 0. The second-order valence-corrected chi connectivity index (χ2v) is 7.10. The molecule has 0 aliphatic rings. The Kier molecular flexibility index (Phi) is 9.71. The van der Waals surface area contributed by atoms with Gasteiger partial charge in [0.15, 0.2) is 0 Å². The first-order chi connectivity index (χ1) is 14.5. The molecule has 0 aliphatic heterocycles. The molecule has 2 aromatic rings. The molecule has 0 saturated carbocycles. The molecule has 1 N–H and O–H groups in total. The Balaban J connectivity index is 1.98. The van der Waals surface area contributed by atoms with Crippen molar-refractivity contribution in [2.75, 3.05) is 20.3 Å². The van der Waals surface area contributed by atoms with Crippen LogP contribution in [0.15, 0.2) is 54.6 Å². The van der Waals surface area contributed by atoms with Crippen LogP contribution in [0.5, 0.6) is 11.5 Å². The SMILES string of the molecule is CCCNC(=O)[C@H](C)N(Cc1ccc(OC)cc1)C(=O)CCCOc1ccccc1. The number of carbonyl (C=O) groups is 2. The number of rotatable bonds is 12. The highest BCUT2D eigenvalue weighted by atomic mass is 16.5. The summed E-state index contributed by atoms with van der Waals surface area (Å²) < 4.78 is 10.9. The maximum absolute atomic E-state index is 13.0. The van der Waals surface area contributed by atoms with Crippen LogP contribution in [0.2, 0.25) is 0 Å². The normalized spacial score (nSPS) is 11.4. The van der Waals surface area contributed by atoms with Crippen LogP contribution in [0.3, 0.4) is 0 Å². The predicted octanol–water partition coefficient (Wildman–Crippen LogP) is 3.80. The molecule has 0 bridgehead atoms. The Morgan fingerprint density at radius 3 is 2.37 bits per heavy atom. The van der Waals surface area contributed by atoms with Crippen LogP contribution in [-0.4, -0.2) is 43.0 Å². The van der Waals surface area contributed by atoms with E-state index in [1.165, 1.54) is 0 Å². The zero-order valence-electron chi connectivity index (χ0n) is 18.1. The molecule has 0 aromatic heterocycles. The number of hydrogen-bond donors (Lipinski definition) is 1. The minimum absolute atomic E-state index is 0.0679. The molecular weight excluding hydrogens is 380 g/mol. The molecule has 0 saturated heterocycles. The Morgan fingerprint density at radius 1 is 1.03 bits per heavy atom. The van der Waals surface area contributed by atoms with Crippen molar-refractivity contribution in [1.82, 2.24) is 10.2 Å². The summed E-state index contributed by atoms with van der Waals surface area (Å²) in [6.45, 7) is 5.18. The smallest absolute Gasteiger partial charge is 0.242 e. The summed E-state index contributed by atoms with van der Waals surface area (Å²) in [6, 6.07) is 16.5. The molecule has 6 heteroatoms. The van der Waals surface area contributed by atoms with Crippen LogP contribution >= 0.6 is 0 Å². The largest absolute Gasteiger partial charge is 0.497 e. The maximum atomic E-state index is 13.0. The van der Waals surface area contributed by atoms with Gasteiger partial charge in [0.25, 0.3) is 0 Å². The van der Waals surface area contributed by atoms with E-state index >= 15 is 0 Å². The molecule has 2 amide bonds. The number of amides is 2. The van der Waals surface area contributed by atoms with Gasteiger partial charge in [0.05, 0.1) is 13.7 Å². The first-order valence-electron chi connectivity index (χ1n) is 10.4. The van der Waals surface area contributed by atoms with Crippen molar-refractivity contribution in [3.05, 3.63) is 60.2 Å². The van der Waals surface area contributed by atoms with Crippen LogP contribution in [0.25, 0.3) is 0 Å². The molecular formula is C24H32N2O4. The lowest BCUT2D eigenvalue weighted by Gasteiger charge is -2.29. The average molecular weight is 413 g/mol. The average Bonchev–Trinajstić information content (AvgIpc) is 2.79. The van der Waals surface area contributed by atoms with Gasteiger partial charge in [-0.15, -0.1) is 0 Å². The first-order valence-corrected chi connectivity index (χ1v) is 10.4. The molecule has 30 heavy (non-hydrogen) atoms. The van der Waals surface area contributed by atoms with E-state index < -0.39 is 6.04 Å². The van der Waals surface area contributed by atoms with Crippen molar-refractivity contribution >= 4 is 11.8 Å². The van der Waals surface area contributed by atoms with Gasteiger partial charge < -0.3 is 19.7 Å². The van der Waals surface area contributed by atoms with Gasteiger partial charge in [0, 0.05) is 19.5 Å². The van der Waals surface area contributed by atoms with Crippen molar-refractivity contribution < 1.29 is 19.1 Å². The van der Waals surface area contributed by atoms with Gasteiger partial charge in [-0.1, -0.05) is 37.3 Å². The summed E-state index contributed by atoms with van der Waals surface area (Å²) in [5.41, 5.74) is 0.944. The van der Waals surface area contributed by atoms with Gasteiger partial charge in [-0.25, -0.2) is 0 Å². The number of nitrogens with zero attached hydrogens (tertiary/aromatic N) is 1. The molecule has 2 aromatic carbocycles. The third-order valence-corrected chi connectivity index (χ3v) is 4.78. The highest BCUT2D eigenvalue weighted by molar-refractivity contribution is 5.87. The second-order valence-electron chi connectivity index (χ2n) is 7.10. The monoisotopic (exact) mass is 412 g/mol. The maximum Gasteiger partial charge on any atom is 0.242 e. The van der Waals surface area contributed by atoms with Gasteiger partial charge in [0.1, 0.15) is 17.5 Å². The minimum atomic E-state index is -0.554. The molecule has 0 fully saturated rings. The van der Waals surface area contributed by atoms with Crippen LogP contribution < -0.4 is 14.8 Å². The molecule has 0 spiro atoms. The lowest BCUT2D eigenvalue weighted by Crippen LogP contribution is -2.47. The van der Waals surface area contributed by atoms with Gasteiger partial charge in [-0.05, 0) is 49.6 Å². The molecule has 6 nitrogen and oxygen atoms in total. The molecule has 162 valence electrons. The van der Waals surface area contributed by atoms with Crippen LogP contribution in [0.1, 0.15) is 38.7 Å². The van der Waals surface area contributed by atoms with Crippen molar-refractivity contribution in [3.63, 3.8) is 0 Å². The minimum Gasteiger partial charge on any atom is -0.497 e. The van der Waals surface area contributed by atoms with Gasteiger partial charge >= 0.3 is 0 Å². The highest BCUT2D eigenvalue weighted by Gasteiger charge is 2.25. The molecule has 2 rings (SSSR count). The summed E-state index contributed by atoms with van der Waals surface area (Å²) in [5.74, 6) is 1.33. The summed E-state index contributed by atoms with van der Waals surface area (Å²) in [4.78, 5) is 27.1. The third-order valence-electron chi connectivity index (χ3n) is 4.78. The summed E-state index contributed by atoms with van der Waals surface area (Å²) in [5, 5.41) is 2.88. The van der Waals surface area contributed by atoms with E-state index in [0.29, 0.717) is 32.5 Å². The van der Waals surface area contributed by atoms with E-state index in [2.05, 4.69) is 5.32 Å². The standard InChI is InChI=1S/C24H32N2O4/c1-4-16-25-24(28)19(2)26(18-20-12-14-21(29-3)15-13-20)23(27)11-8-17-30-22-9-6-5-7-10-22/h5-7,9-10,12-15,19H,4,8,11,16-18H2,1-3H3,(H,25,28)/t19-/m0/s1. The van der Waals surface area contributed by atoms with Crippen LogP contribution in [0, 0.1) is 0 Å². The van der Waals surface area contributed by atoms with Crippen molar-refractivity contribution in [2.45, 2.75) is 45.7 Å². The fraction of sp³-hybridized carbons (Fsp3) is 0.417. The third kappa shape index (κ3) is 7.43. The molecule has 0 heterocycles. The Hall–Kier alpha value is -3.02. The van der Waals surface area contributed by atoms with E-state index in [-0.39, 0.29) is 11.8 Å². The van der Waals surface area contributed by atoms with E-state index in [1.54, 1.807) is 18.9 Å². The van der Waals surface area contributed by atoms with E-state index in [9.17, 15) is 9.59 Å². The van der Waals surface area contributed by atoms with Crippen LogP contribution in [-0.2, 0) is 16.1 Å². The van der Waals surface area contributed by atoms with Crippen molar-refractivity contribution in [3.8, 4) is 11.5 Å². The predicted molar refractivity (Wildman–Crippen MR) is 117 cm³/mol.